The number of pyridine rings is 1. The Kier molecular flexibility index (Phi) is 5.54. The van der Waals surface area contributed by atoms with Crippen molar-refractivity contribution in [3.05, 3.63) is 206 Å². The molecule has 0 N–H and O–H groups in total. The Balaban J connectivity index is 0.951. The maximum absolute atomic E-state index is 9.10. The van der Waals surface area contributed by atoms with Gasteiger partial charge in [-0.3, -0.25) is 4.57 Å². The first-order chi connectivity index (χ1) is 36.4. The normalized spacial score (nSPS) is 22.4. The molecule has 2 aromatic heterocycles. The third-order valence-corrected chi connectivity index (χ3v) is 12.4. The Morgan fingerprint density at radius 2 is 1.18 bits per heavy atom. The number of ether oxygens (including phenoxy) is 1. The summed E-state index contributed by atoms with van der Waals surface area (Å²) >= 11 is 0. The second-order valence-electron chi connectivity index (χ2n) is 15.7. The van der Waals surface area contributed by atoms with Gasteiger partial charge in [0.05, 0.1) is 56.0 Å². The molecule has 0 radical (unpaired) electrons. The number of hydrogen-bond donors (Lipinski definition) is 0. The van der Waals surface area contributed by atoms with E-state index in [1.165, 1.54) is 0 Å². The van der Waals surface area contributed by atoms with Crippen LogP contribution in [0, 0.1) is 18.8 Å². The lowest BCUT2D eigenvalue weighted by Gasteiger charge is -2.33. The minimum Gasteiger partial charge on any atom is -0.457 e. The largest absolute Gasteiger partial charge is 0.457 e. The number of hydrogen-bond acceptors (Lipinski definition) is 4. The molecule has 2 bridgehead atoms. The lowest BCUT2D eigenvalue weighted by molar-refractivity contribution is 0.482. The van der Waals surface area contributed by atoms with Crippen LogP contribution in [0.25, 0.3) is 61.0 Å². The maximum atomic E-state index is 9.10. The van der Waals surface area contributed by atoms with Gasteiger partial charge in [-0.2, -0.15) is 0 Å². The Bertz CT molecular complexity index is 3850. The van der Waals surface area contributed by atoms with Crippen molar-refractivity contribution in [3.8, 4) is 50.7 Å². The van der Waals surface area contributed by atoms with E-state index >= 15 is 0 Å². The number of para-hydroxylation sites is 2. The molecule has 294 valence electrons. The molecule has 2 fully saturated rings. The van der Waals surface area contributed by atoms with Gasteiger partial charge in [-0.1, -0.05) is 145 Å². The molecule has 9 aromatic rings. The smallest absolute Gasteiger partial charge is 0.137 e. The molecule has 1 saturated carbocycles. The van der Waals surface area contributed by atoms with Crippen LogP contribution in [0.15, 0.2) is 200 Å². The third kappa shape index (κ3) is 5.95. The fraction of sp³-hybridized carbons (Fsp3) is 0.125. The average molecular weight is 804 g/mol. The monoisotopic (exact) mass is 803 g/mol. The summed E-state index contributed by atoms with van der Waals surface area (Å²) in [7, 11) is 0. The van der Waals surface area contributed by atoms with Crippen LogP contribution in [0.2, 0.25) is 0 Å². The summed E-state index contributed by atoms with van der Waals surface area (Å²) in [6, 6.07) is 21.1. The van der Waals surface area contributed by atoms with E-state index in [1.807, 2.05) is 84.3 Å². The fourth-order valence-corrected chi connectivity index (χ4v) is 9.89. The molecule has 5 nitrogen and oxygen atoms in total. The minimum atomic E-state index is -0.549. The van der Waals surface area contributed by atoms with E-state index < -0.39 is 78.6 Å². The van der Waals surface area contributed by atoms with Gasteiger partial charge in [0.2, 0.25) is 0 Å². The van der Waals surface area contributed by atoms with Gasteiger partial charge in [-0.15, -0.1) is 0 Å². The van der Waals surface area contributed by atoms with Crippen molar-refractivity contribution in [1.82, 2.24) is 9.55 Å². The molecule has 5 heteroatoms. The highest BCUT2D eigenvalue weighted by molar-refractivity contribution is 6.09. The number of nitrogens with zero attached hydrogens (tertiary/aromatic N) is 4. The fourth-order valence-electron chi connectivity index (χ4n) is 9.89. The molecule has 4 atom stereocenters. The van der Waals surface area contributed by atoms with Crippen LogP contribution in [-0.4, -0.2) is 28.3 Å². The highest BCUT2D eigenvalue weighted by atomic mass is 16.5. The van der Waals surface area contributed by atoms with Crippen molar-refractivity contribution >= 4 is 33.2 Å². The molecule has 2 aliphatic carbocycles. The standard InChI is InChI=1S/C56H44N4O/c1-37-31-53(57-35-50(37)40-19-9-4-10-20-40)60-51-26-12-11-23-48(51)49-30-29-45(34-52(49)60)61-44-22-13-21-43(33-44)58-36-59(55-42-28-27-41(32-42)54(55)58)56-46(38-15-5-2-6-16-38)24-14-25-47(56)39-17-7-3-8-18-39/h2-31,33-35,41-42,54-55H,32,36H2,1H3/t41-,42?,54+,55?/m1/s1/i2D,3D,4D,5D,6D,7D,8D,9D,10D,15D,16D,17D,18D,19D,20D. The quantitative estimate of drug-likeness (QED) is 0.143. The van der Waals surface area contributed by atoms with E-state index in [4.69, 9.17) is 30.3 Å². The van der Waals surface area contributed by atoms with Crippen molar-refractivity contribution < 1.29 is 25.3 Å². The second-order valence-corrected chi connectivity index (χ2v) is 15.7. The Morgan fingerprint density at radius 3 is 1.87 bits per heavy atom. The van der Waals surface area contributed by atoms with Crippen LogP contribution in [0.5, 0.6) is 11.5 Å². The lowest BCUT2D eigenvalue weighted by atomic mass is 9.91. The van der Waals surface area contributed by atoms with Crippen LogP contribution < -0.4 is 14.5 Å². The van der Waals surface area contributed by atoms with Gasteiger partial charge in [0.15, 0.2) is 0 Å². The first-order valence-corrected chi connectivity index (χ1v) is 20.2. The zero-order valence-corrected chi connectivity index (χ0v) is 32.8. The van der Waals surface area contributed by atoms with Gasteiger partial charge in [0.25, 0.3) is 0 Å². The molecule has 61 heavy (non-hydrogen) atoms. The summed E-state index contributed by atoms with van der Waals surface area (Å²) in [6.07, 6.45) is 6.76. The van der Waals surface area contributed by atoms with E-state index in [1.54, 1.807) is 24.4 Å². The van der Waals surface area contributed by atoms with Crippen molar-refractivity contribution in [2.45, 2.75) is 25.4 Å². The summed E-state index contributed by atoms with van der Waals surface area (Å²) in [6.45, 7) is 2.05. The van der Waals surface area contributed by atoms with Gasteiger partial charge >= 0.3 is 0 Å². The van der Waals surface area contributed by atoms with Crippen molar-refractivity contribution in [2.75, 3.05) is 16.5 Å². The van der Waals surface area contributed by atoms with Gasteiger partial charge < -0.3 is 14.5 Å². The molecule has 12 rings (SSSR count). The summed E-state index contributed by atoms with van der Waals surface area (Å²) in [5.41, 5.74) is 4.44. The molecule has 1 aliphatic heterocycles. The van der Waals surface area contributed by atoms with E-state index in [0.717, 1.165) is 33.9 Å². The number of aromatic nitrogens is 2. The van der Waals surface area contributed by atoms with Crippen LogP contribution in [0.1, 0.15) is 32.5 Å². The lowest BCUT2D eigenvalue weighted by Crippen LogP contribution is -2.40. The number of benzene rings is 7. The molecule has 7 aromatic carbocycles. The van der Waals surface area contributed by atoms with Crippen LogP contribution in [-0.2, 0) is 0 Å². The Morgan fingerprint density at radius 1 is 0.574 bits per heavy atom. The minimum absolute atomic E-state index is 0.0288. The van der Waals surface area contributed by atoms with Crippen molar-refractivity contribution in [1.29, 1.82) is 0 Å². The predicted octanol–water partition coefficient (Wildman–Crippen LogP) is 13.5. The molecule has 3 heterocycles. The SMILES string of the molecule is [2H]c1c([2H])c([2H])c(-c2cnc(-n3c4ccccc4c4ccc(Oc5cccc(N6CN(c7c(-c8c([2H])c([2H])c([2H])c([2H])c8[2H])cccc7-c7c([2H])c([2H])c([2H])c([2H])c7[2H])C7C8C=C[C@H](C8)[C@@H]76)c5)cc43)cc2C)c([2H])c1[2H]. The van der Waals surface area contributed by atoms with E-state index in [2.05, 4.69) is 22.0 Å². The summed E-state index contributed by atoms with van der Waals surface area (Å²) < 4.78 is 138. The summed E-state index contributed by atoms with van der Waals surface area (Å²) in [4.78, 5) is 9.22. The summed E-state index contributed by atoms with van der Waals surface area (Å²) in [5, 5.41) is 1.90. The molecule has 3 aliphatic rings. The van der Waals surface area contributed by atoms with Gasteiger partial charge in [-0.05, 0) is 83.8 Å². The maximum Gasteiger partial charge on any atom is 0.137 e. The molecule has 2 unspecified atom stereocenters. The Hall–Kier alpha value is -7.37. The number of anilines is 2. The zero-order chi connectivity index (χ0) is 53.5. The van der Waals surface area contributed by atoms with Gasteiger partial charge in [0, 0.05) is 51.5 Å². The van der Waals surface area contributed by atoms with Crippen LogP contribution in [0.3, 0.4) is 0 Å². The summed E-state index contributed by atoms with van der Waals surface area (Å²) in [5.74, 6) is 1.75. The molecular formula is C56H44N4O. The molecule has 0 amide bonds. The Labute approximate surface area is 377 Å². The topological polar surface area (TPSA) is 33.5 Å². The average Bonchev–Trinajstić information content (AvgIpc) is 4.23. The van der Waals surface area contributed by atoms with E-state index in [0.29, 0.717) is 34.1 Å². The van der Waals surface area contributed by atoms with E-state index in [9.17, 15) is 0 Å². The predicted molar refractivity (Wildman–Crippen MR) is 251 cm³/mol. The number of fused-ring (bicyclic) bond motifs is 8. The van der Waals surface area contributed by atoms with Crippen LogP contribution in [0.4, 0.5) is 11.4 Å². The molecule has 1 saturated heterocycles. The molecular weight excluding hydrogens is 745 g/mol. The number of aryl methyl sites for hydroxylation is 1. The second kappa shape index (κ2) is 14.4. The van der Waals surface area contributed by atoms with Crippen LogP contribution >= 0.6 is 0 Å². The highest BCUT2D eigenvalue weighted by Gasteiger charge is 2.55. The van der Waals surface area contributed by atoms with Crippen molar-refractivity contribution in [2.24, 2.45) is 11.8 Å². The number of rotatable bonds is 8. The molecule has 0 spiro atoms. The van der Waals surface area contributed by atoms with Gasteiger partial charge in [0.1, 0.15) is 17.3 Å². The van der Waals surface area contributed by atoms with Crippen molar-refractivity contribution in [3.63, 3.8) is 0 Å². The zero-order valence-electron chi connectivity index (χ0n) is 47.8. The highest BCUT2D eigenvalue weighted by Crippen LogP contribution is 2.53. The van der Waals surface area contributed by atoms with Gasteiger partial charge in [-0.25, -0.2) is 4.98 Å². The first-order valence-electron chi connectivity index (χ1n) is 27.7. The third-order valence-electron chi connectivity index (χ3n) is 12.4. The van der Waals surface area contributed by atoms with E-state index in [-0.39, 0.29) is 70.5 Å². The first kappa shape index (κ1) is 23.4.